The van der Waals surface area contributed by atoms with Gasteiger partial charge in [0.1, 0.15) is 18.5 Å². The first-order valence-electron chi connectivity index (χ1n) is 4.88. The summed E-state index contributed by atoms with van der Waals surface area (Å²) in [6.45, 7) is 1.41. The fourth-order valence-corrected chi connectivity index (χ4v) is 1.10. The molecule has 3 N–H and O–H groups in total. The number of benzene rings is 1. The van der Waals surface area contributed by atoms with E-state index in [9.17, 15) is 0 Å². The highest BCUT2D eigenvalue weighted by Crippen LogP contribution is 2.13. The number of ether oxygens (including phenoxy) is 1. The molecule has 0 amide bonds. The van der Waals surface area contributed by atoms with Gasteiger partial charge in [0, 0.05) is 0 Å². The SMILES string of the molecule is C/C(=N\O)c1ccc(OCC(O)CO)cc1. The maximum absolute atomic E-state index is 9.07. The van der Waals surface area contributed by atoms with E-state index in [0.717, 1.165) is 5.56 Å². The summed E-state index contributed by atoms with van der Waals surface area (Å²) in [5.74, 6) is 0.585. The Kier molecular flexibility index (Phi) is 4.75. The molecule has 0 aliphatic rings. The molecule has 1 aromatic rings. The van der Waals surface area contributed by atoms with Crippen LogP contribution >= 0.6 is 0 Å². The fraction of sp³-hybridized carbons (Fsp3) is 0.364. The second kappa shape index (κ2) is 6.09. The van der Waals surface area contributed by atoms with Crippen LogP contribution in [0.4, 0.5) is 0 Å². The highest BCUT2D eigenvalue weighted by molar-refractivity contribution is 5.98. The largest absolute Gasteiger partial charge is 0.491 e. The number of hydrogen-bond donors (Lipinski definition) is 3. The zero-order valence-electron chi connectivity index (χ0n) is 9.00. The van der Waals surface area contributed by atoms with E-state index in [1.807, 2.05) is 0 Å². The molecule has 5 nitrogen and oxygen atoms in total. The van der Waals surface area contributed by atoms with Crippen molar-refractivity contribution in [3.63, 3.8) is 0 Å². The summed E-state index contributed by atoms with van der Waals surface area (Å²) in [6.07, 6.45) is -0.875. The number of hydrogen-bond acceptors (Lipinski definition) is 5. The normalized spacial score (nSPS) is 13.6. The molecule has 0 saturated carbocycles. The van der Waals surface area contributed by atoms with Crippen molar-refractivity contribution in [2.24, 2.45) is 5.16 Å². The Morgan fingerprint density at radius 2 is 2.00 bits per heavy atom. The van der Waals surface area contributed by atoms with E-state index in [1.54, 1.807) is 31.2 Å². The van der Waals surface area contributed by atoms with Gasteiger partial charge in [-0.05, 0) is 36.8 Å². The van der Waals surface area contributed by atoms with E-state index in [1.165, 1.54) is 0 Å². The molecule has 1 aromatic carbocycles. The average molecular weight is 225 g/mol. The lowest BCUT2D eigenvalue weighted by Crippen LogP contribution is -2.21. The van der Waals surface area contributed by atoms with E-state index in [4.69, 9.17) is 20.2 Å². The first kappa shape index (κ1) is 12.5. The van der Waals surface area contributed by atoms with Crippen molar-refractivity contribution >= 4 is 5.71 Å². The van der Waals surface area contributed by atoms with E-state index >= 15 is 0 Å². The van der Waals surface area contributed by atoms with Crippen molar-refractivity contribution in [2.45, 2.75) is 13.0 Å². The summed E-state index contributed by atoms with van der Waals surface area (Å²) < 4.78 is 5.21. The van der Waals surface area contributed by atoms with Gasteiger partial charge in [-0.25, -0.2) is 0 Å². The summed E-state index contributed by atoms with van der Waals surface area (Å²) in [5.41, 5.74) is 1.31. The number of rotatable bonds is 5. The predicted octanol–water partition coefficient (Wildman–Crippen LogP) is 0.617. The first-order chi connectivity index (χ1) is 7.67. The van der Waals surface area contributed by atoms with Crippen molar-refractivity contribution in [2.75, 3.05) is 13.2 Å². The van der Waals surface area contributed by atoms with Crippen LogP contribution in [0, 0.1) is 0 Å². The molecule has 88 valence electrons. The minimum Gasteiger partial charge on any atom is -0.491 e. The van der Waals surface area contributed by atoms with Crippen molar-refractivity contribution < 1.29 is 20.2 Å². The van der Waals surface area contributed by atoms with E-state index in [0.29, 0.717) is 11.5 Å². The molecule has 5 heteroatoms. The average Bonchev–Trinajstić information content (AvgIpc) is 2.35. The molecule has 16 heavy (non-hydrogen) atoms. The predicted molar refractivity (Wildman–Crippen MR) is 59.0 cm³/mol. The summed E-state index contributed by atoms with van der Waals surface area (Å²) in [7, 11) is 0. The zero-order valence-corrected chi connectivity index (χ0v) is 9.00. The molecule has 0 bridgehead atoms. The standard InChI is InChI=1S/C11H15NO4/c1-8(12-15)9-2-4-11(5-3-9)16-7-10(14)6-13/h2-5,10,13-15H,6-7H2,1H3/b12-8+. The molecular weight excluding hydrogens is 210 g/mol. The lowest BCUT2D eigenvalue weighted by molar-refractivity contribution is 0.0536. The van der Waals surface area contributed by atoms with Gasteiger partial charge in [-0.1, -0.05) is 5.16 Å². The molecule has 0 spiro atoms. The quantitative estimate of drug-likeness (QED) is 0.389. The highest BCUT2D eigenvalue weighted by Gasteiger charge is 2.03. The van der Waals surface area contributed by atoms with Crippen LogP contribution < -0.4 is 4.74 Å². The van der Waals surface area contributed by atoms with Crippen LogP contribution in [0.2, 0.25) is 0 Å². The van der Waals surface area contributed by atoms with Crippen molar-refractivity contribution in [3.05, 3.63) is 29.8 Å². The Hall–Kier alpha value is -1.59. The third-order valence-corrected chi connectivity index (χ3v) is 2.08. The molecule has 0 saturated heterocycles. The monoisotopic (exact) mass is 225 g/mol. The van der Waals surface area contributed by atoms with Crippen LogP contribution in [0.15, 0.2) is 29.4 Å². The molecule has 1 rings (SSSR count). The van der Waals surface area contributed by atoms with Gasteiger partial charge in [0.25, 0.3) is 0 Å². The maximum atomic E-state index is 9.07. The molecule has 1 atom stereocenters. The molecule has 0 radical (unpaired) electrons. The van der Waals surface area contributed by atoms with E-state index in [-0.39, 0.29) is 13.2 Å². The third-order valence-electron chi connectivity index (χ3n) is 2.08. The number of oxime groups is 1. The van der Waals surface area contributed by atoms with Gasteiger partial charge in [0.2, 0.25) is 0 Å². The van der Waals surface area contributed by atoms with Gasteiger partial charge >= 0.3 is 0 Å². The first-order valence-corrected chi connectivity index (χ1v) is 4.88. The van der Waals surface area contributed by atoms with E-state index < -0.39 is 6.10 Å². The number of nitrogens with zero attached hydrogens (tertiary/aromatic N) is 1. The highest BCUT2D eigenvalue weighted by atomic mass is 16.5. The van der Waals surface area contributed by atoms with Gasteiger partial charge in [-0.15, -0.1) is 0 Å². The lowest BCUT2D eigenvalue weighted by Gasteiger charge is -2.09. The molecule has 0 aliphatic heterocycles. The summed E-state index contributed by atoms with van der Waals surface area (Å²) in [6, 6.07) is 6.90. The summed E-state index contributed by atoms with van der Waals surface area (Å²) >= 11 is 0. The Bertz CT molecular complexity index is 348. The minimum absolute atomic E-state index is 0.0446. The van der Waals surface area contributed by atoms with Gasteiger partial charge in [0.15, 0.2) is 0 Å². The second-order valence-corrected chi connectivity index (χ2v) is 3.36. The number of aliphatic hydroxyl groups is 2. The Morgan fingerprint density at radius 1 is 1.38 bits per heavy atom. The lowest BCUT2D eigenvalue weighted by atomic mass is 10.1. The van der Waals surface area contributed by atoms with Gasteiger partial charge in [-0.2, -0.15) is 0 Å². The van der Waals surface area contributed by atoms with Gasteiger partial charge in [-0.3, -0.25) is 0 Å². The van der Waals surface area contributed by atoms with Crippen molar-refractivity contribution in [1.82, 2.24) is 0 Å². The zero-order chi connectivity index (χ0) is 12.0. The van der Waals surface area contributed by atoms with Crippen LogP contribution in [-0.4, -0.2) is 40.4 Å². The summed E-state index contributed by atoms with van der Waals surface area (Å²) in [5, 5.41) is 29.3. The Labute approximate surface area is 93.6 Å². The van der Waals surface area contributed by atoms with Crippen LogP contribution in [0.3, 0.4) is 0 Å². The van der Waals surface area contributed by atoms with Crippen LogP contribution in [0.1, 0.15) is 12.5 Å². The smallest absolute Gasteiger partial charge is 0.119 e. The van der Waals surface area contributed by atoms with E-state index in [2.05, 4.69) is 5.16 Å². The van der Waals surface area contributed by atoms with Crippen molar-refractivity contribution in [1.29, 1.82) is 0 Å². The molecule has 1 unspecified atom stereocenters. The topological polar surface area (TPSA) is 82.3 Å². The fourth-order valence-electron chi connectivity index (χ4n) is 1.10. The molecule has 0 aromatic heterocycles. The van der Waals surface area contributed by atoms with Gasteiger partial charge < -0.3 is 20.2 Å². The second-order valence-electron chi connectivity index (χ2n) is 3.36. The van der Waals surface area contributed by atoms with Gasteiger partial charge in [0.05, 0.1) is 12.3 Å². The van der Waals surface area contributed by atoms with Crippen LogP contribution in [0.5, 0.6) is 5.75 Å². The maximum Gasteiger partial charge on any atom is 0.119 e. The molecule has 0 heterocycles. The summed E-state index contributed by atoms with van der Waals surface area (Å²) in [4.78, 5) is 0. The molecule has 0 fully saturated rings. The number of aliphatic hydroxyl groups excluding tert-OH is 2. The third kappa shape index (κ3) is 3.52. The van der Waals surface area contributed by atoms with Crippen molar-refractivity contribution in [3.8, 4) is 5.75 Å². The Balaban J connectivity index is 2.58. The van der Waals surface area contributed by atoms with Crippen LogP contribution in [-0.2, 0) is 0 Å². The molecular formula is C11H15NO4. The van der Waals surface area contributed by atoms with Crippen LogP contribution in [0.25, 0.3) is 0 Å². The Morgan fingerprint density at radius 3 is 2.50 bits per heavy atom. The molecule has 0 aliphatic carbocycles. The minimum atomic E-state index is -0.875.